The lowest BCUT2D eigenvalue weighted by molar-refractivity contribution is -0.250. The van der Waals surface area contributed by atoms with E-state index in [4.69, 9.17) is 4.84 Å². The summed E-state index contributed by atoms with van der Waals surface area (Å²) >= 11 is 0. The Morgan fingerprint density at radius 1 is 1.00 bits per heavy atom. The van der Waals surface area contributed by atoms with Gasteiger partial charge in [-0.05, 0) is 74.5 Å². The van der Waals surface area contributed by atoms with Crippen LogP contribution < -0.4 is 0 Å². The Morgan fingerprint density at radius 2 is 1.65 bits per heavy atom. The van der Waals surface area contributed by atoms with Gasteiger partial charge in [-0.15, -0.1) is 5.10 Å². The van der Waals surface area contributed by atoms with Crippen LogP contribution in [0, 0.1) is 22.2 Å². The zero-order chi connectivity index (χ0) is 22.1. The fourth-order valence-corrected chi connectivity index (χ4v) is 8.46. The SMILES string of the molecule is CC12CC3CC(C)(C1)CC(C1=NN(OC(=O)C(F)(F)F)C4CCCCCCCN14)(C3)C2. The first-order valence-electron chi connectivity index (χ1n) is 12.0. The molecule has 4 aliphatic carbocycles. The van der Waals surface area contributed by atoms with Crippen molar-refractivity contribution in [2.75, 3.05) is 6.54 Å². The molecule has 4 bridgehead atoms. The van der Waals surface area contributed by atoms with Gasteiger partial charge >= 0.3 is 12.1 Å². The zero-order valence-electron chi connectivity index (χ0n) is 18.6. The van der Waals surface area contributed by atoms with Gasteiger partial charge in [0.05, 0.1) is 0 Å². The van der Waals surface area contributed by atoms with E-state index in [0.29, 0.717) is 12.3 Å². The van der Waals surface area contributed by atoms with E-state index in [1.54, 1.807) is 0 Å². The standard InChI is InChI=1S/C23H34F3N3O2/c1-20-10-16-11-21(2,13-20)15-22(12-16,14-20)18-27-29(31-19(30)23(24,25)26)17-8-6-4-3-5-7-9-28(17)18/h16-17H,3-15H2,1-2H3. The van der Waals surface area contributed by atoms with E-state index in [9.17, 15) is 18.0 Å². The highest BCUT2D eigenvalue weighted by Crippen LogP contribution is 2.70. The molecule has 2 aliphatic heterocycles. The first kappa shape index (κ1) is 21.4. The molecule has 3 unspecified atom stereocenters. The maximum absolute atomic E-state index is 13.0. The van der Waals surface area contributed by atoms with E-state index < -0.39 is 18.3 Å². The third-order valence-electron chi connectivity index (χ3n) is 8.45. The minimum atomic E-state index is -5.02. The average Bonchev–Trinajstić information content (AvgIpc) is 2.99. The van der Waals surface area contributed by atoms with Crippen LogP contribution in [-0.2, 0) is 9.63 Å². The molecule has 0 radical (unpaired) electrons. The second kappa shape index (κ2) is 7.01. The van der Waals surface area contributed by atoms with Crippen LogP contribution in [0.3, 0.4) is 0 Å². The molecule has 5 nitrogen and oxygen atoms in total. The molecule has 6 rings (SSSR count). The summed E-state index contributed by atoms with van der Waals surface area (Å²) < 4.78 is 39.0. The van der Waals surface area contributed by atoms with Crippen LogP contribution in [0.4, 0.5) is 13.2 Å². The van der Waals surface area contributed by atoms with Crippen LogP contribution in [0.1, 0.15) is 90.9 Å². The molecule has 0 aromatic heterocycles. The van der Waals surface area contributed by atoms with Crippen LogP contribution >= 0.6 is 0 Å². The van der Waals surface area contributed by atoms with Crippen molar-refractivity contribution in [2.45, 2.75) is 103 Å². The van der Waals surface area contributed by atoms with Gasteiger partial charge in [0.25, 0.3) is 0 Å². The third kappa shape index (κ3) is 3.71. The molecule has 5 fully saturated rings. The molecule has 3 atom stereocenters. The number of alkyl halides is 3. The van der Waals surface area contributed by atoms with Crippen molar-refractivity contribution in [1.29, 1.82) is 0 Å². The molecule has 1 saturated heterocycles. The third-order valence-corrected chi connectivity index (χ3v) is 8.45. The second-order valence-corrected chi connectivity index (χ2v) is 11.7. The first-order chi connectivity index (χ1) is 14.5. The van der Waals surface area contributed by atoms with Crippen molar-refractivity contribution < 1.29 is 22.8 Å². The molecular weight excluding hydrogens is 407 g/mol. The van der Waals surface area contributed by atoms with E-state index >= 15 is 0 Å². The number of hydrogen-bond acceptors (Lipinski definition) is 5. The van der Waals surface area contributed by atoms with Gasteiger partial charge in [0.1, 0.15) is 5.84 Å². The number of rotatable bonds is 2. The number of hydroxylamine groups is 1. The van der Waals surface area contributed by atoms with Crippen molar-refractivity contribution in [1.82, 2.24) is 10.1 Å². The highest BCUT2D eigenvalue weighted by molar-refractivity contribution is 5.90. The second-order valence-electron chi connectivity index (χ2n) is 11.7. The fourth-order valence-electron chi connectivity index (χ4n) is 8.46. The highest BCUT2D eigenvalue weighted by atomic mass is 19.4. The zero-order valence-corrected chi connectivity index (χ0v) is 18.6. The van der Waals surface area contributed by atoms with E-state index in [1.807, 2.05) is 0 Å². The number of nitrogens with zero attached hydrogens (tertiary/aromatic N) is 3. The van der Waals surface area contributed by atoms with Gasteiger partial charge in [-0.2, -0.15) is 13.2 Å². The normalized spacial score (nSPS) is 42.5. The molecule has 31 heavy (non-hydrogen) atoms. The lowest BCUT2D eigenvalue weighted by atomic mass is 9.40. The molecule has 0 N–H and O–H groups in total. The Labute approximate surface area is 182 Å². The number of carbonyl (C=O) groups excluding carboxylic acids is 1. The van der Waals surface area contributed by atoms with Crippen LogP contribution in [0.5, 0.6) is 0 Å². The molecular formula is C23H34F3N3O2. The van der Waals surface area contributed by atoms with Crippen LogP contribution in [0.15, 0.2) is 5.10 Å². The van der Waals surface area contributed by atoms with Gasteiger partial charge in [-0.3, -0.25) is 0 Å². The number of halogens is 3. The monoisotopic (exact) mass is 441 g/mol. The Morgan fingerprint density at radius 3 is 2.29 bits per heavy atom. The molecule has 174 valence electrons. The first-order valence-corrected chi connectivity index (χ1v) is 12.0. The topological polar surface area (TPSA) is 45.1 Å². The molecule has 0 aromatic carbocycles. The smallest absolute Gasteiger partial charge is 0.333 e. The van der Waals surface area contributed by atoms with E-state index in [1.165, 1.54) is 19.3 Å². The van der Waals surface area contributed by atoms with Crippen LogP contribution in [-0.4, -0.2) is 40.8 Å². The Hall–Kier alpha value is -1.47. The van der Waals surface area contributed by atoms with E-state index in [2.05, 4.69) is 23.8 Å². The summed E-state index contributed by atoms with van der Waals surface area (Å²) in [5.41, 5.74) is 0.415. The molecule has 8 heteroatoms. The maximum atomic E-state index is 13.0. The summed E-state index contributed by atoms with van der Waals surface area (Å²) in [5, 5.41) is 5.70. The predicted octanol–water partition coefficient (Wildman–Crippen LogP) is 5.61. The van der Waals surface area contributed by atoms with Crippen molar-refractivity contribution in [2.24, 2.45) is 27.3 Å². The lowest BCUT2D eigenvalue weighted by Crippen LogP contribution is -2.60. The molecule has 0 spiro atoms. The Bertz CT molecular complexity index is 765. The lowest BCUT2D eigenvalue weighted by Gasteiger charge is -2.65. The highest BCUT2D eigenvalue weighted by Gasteiger charge is 2.64. The summed E-state index contributed by atoms with van der Waals surface area (Å²) in [7, 11) is 0. The minimum Gasteiger partial charge on any atom is -0.333 e. The van der Waals surface area contributed by atoms with E-state index in [-0.39, 0.29) is 16.2 Å². The molecule has 0 aromatic rings. The number of hydrazone groups is 1. The van der Waals surface area contributed by atoms with Gasteiger partial charge in [-0.25, -0.2) is 4.79 Å². The summed E-state index contributed by atoms with van der Waals surface area (Å²) in [6.07, 6.45) is 7.24. The Balaban J connectivity index is 1.51. The molecule has 4 saturated carbocycles. The summed E-state index contributed by atoms with van der Waals surface area (Å²) in [6.45, 7) is 5.54. The summed E-state index contributed by atoms with van der Waals surface area (Å²) in [6, 6.07) is 0. The van der Waals surface area contributed by atoms with Gasteiger partial charge in [0.15, 0.2) is 6.17 Å². The van der Waals surface area contributed by atoms with E-state index in [0.717, 1.165) is 68.9 Å². The molecule has 6 aliphatic rings. The van der Waals surface area contributed by atoms with Crippen molar-refractivity contribution in [3.05, 3.63) is 0 Å². The molecule has 0 amide bonds. The van der Waals surface area contributed by atoms with Crippen LogP contribution in [0.25, 0.3) is 0 Å². The summed E-state index contributed by atoms with van der Waals surface area (Å²) in [5.74, 6) is -0.630. The largest absolute Gasteiger partial charge is 0.493 e. The van der Waals surface area contributed by atoms with Gasteiger partial charge in [-0.1, -0.05) is 38.3 Å². The number of hydrogen-bond donors (Lipinski definition) is 0. The minimum absolute atomic E-state index is 0.116. The van der Waals surface area contributed by atoms with Gasteiger partial charge in [0, 0.05) is 12.0 Å². The number of amidine groups is 1. The average molecular weight is 442 g/mol. The maximum Gasteiger partial charge on any atom is 0.493 e. The van der Waals surface area contributed by atoms with Crippen molar-refractivity contribution >= 4 is 11.8 Å². The number of carbonyl (C=O) groups is 1. The van der Waals surface area contributed by atoms with Crippen LogP contribution in [0.2, 0.25) is 0 Å². The summed E-state index contributed by atoms with van der Waals surface area (Å²) in [4.78, 5) is 18.8. The quantitative estimate of drug-likeness (QED) is 0.558. The number of fused-ring (bicyclic) bond motifs is 1. The van der Waals surface area contributed by atoms with Gasteiger partial charge < -0.3 is 9.74 Å². The van der Waals surface area contributed by atoms with Crippen molar-refractivity contribution in [3.8, 4) is 0 Å². The van der Waals surface area contributed by atoms with Gasteiger partial charge in [0.2, 0.25) is 0 Å². The van der Waals surface area contributed by atoms with Crippen molar-refractivity contribution in [3.63, 3.8) is 0 Å². The molecule has 2 heterocycles. The Kier molecular flexibility index (Phi) is 4.84. The predicted molar refractivity (Wildman–Crippen MR) is 109 cm³/mol. The fraction of sp³-hybridized carbons (Fsp3) is 0.913.